The van der Waals surface area contributed by atoms with Crippen LogP contribution in [0.15, 0.2) is 10.7 Å². The molecular weight excluding hydrogens is 296 g/mol. The van der Waals surface area contributed by atoms with E-state index in [0.717, 1.165) is 12.8 Å². The summed E-state index contributed by atoms with van der Waals surface area (Å²) in [7, 11) is 1.28. The molecule has 6 nitrogen and oxygen atoms in total. The van der Waals surface area contributed by atoms with Gasteiger partial charge in [0.05, 0.1) is 19.1 Å². The molecule has 1 saturated carbocycles. The van der Waals surface area contributed by atoms with Gasteiger partial charge in [-0.15, -0.1) is 11.6 Å². The quantitative estimate of drug-likeness (QED) is 0.594. The van der Waals surface area contributed by atoms with Gasteiger partial charge in [0.2, 0.25) is 11.8 Å². The van der Waals surface area contributed by atoms with Crippen molar-refractivity contribution in [3.8, 4) is 0 Å². The van der Waals surface area contributed by atoms with Crippen LogP contribution in [-0.4, -0.2) is 40.8 Å². The third-order valence-corrected chi connectivity index (χ3v) is 4.08. The van der Waals surface area contributed by atoms with Crippen molar-refractivity contribution >= 4 is 23.5 Å². The van der Waals surface area contributed by atoms with E-state index < -0.39 is 11.4 Å². The number of hydrogen-bond donors (Lipinski definition) is 0. The summed E-state index contributed by atoms with van der Waals surface area (Å²) in [6.45, 7) is 3.86. The fourth-order valence-electron chi connectivity index (χ4n) is 1.93. The van der Waals surface area contributed by atoms with E-state index in [1.807, 2.05) is 13.8 Å². The minimum absolute atomic E-state index is 0.0298. The average molecular weight is 315 g/mol. The lowest BCUT2D eigenvalue weighted by Gasteiger charge is -2.29. The molecule has 1 fully saturated rings. The fraction of sp³-hybridized carbons (Fsp3) is 0.643. The predicted octanol–water partition coefficient (Wildman–Crippen LogP) is 2.22. The van der Waals surface area contributed by atoms with Crippen molar-refractivity contribution in [1.82, 2.24) is 9.88 Å². The minimum Gasteiger partial charge on any atom is -0.464 e. The van der Waals surface area contributed by atoms with Crippen LogP contribution in [0.4, 0.5) is 0 Å². The van der Waals surface area contributed by atoms with Crippen LogP contribution < -0.4 is 0 Å². The van der Waals surface area contributed by atoms with Crippen LogP contribution in [0, 0.1) is 5.41 Å². The fourth-order valence-corrected chi connectivity index (χ4v) is 2.04. The molecule has 7 heteroatoms. The average Bonchev–Trinajstić information content (AvgIpc) is 3.21. The van der Waals surface area contributed by atoms with E-state index in [-0.39, 0.29) is 30.1 Å². The molecule has 0 saturated heterocycles. The number of oxazole rings is 1. The monoisotopic (exact) mass is 314 g/mol. The summed E-state index contributed by atoms with van der Waals surface area (Å²) in [6, 6.07) is 0.202. The smallest absolute Gasteiger partial charge is 0.360 e. The Kier molecular flexibility index (Phi) is 4.56. The third kappa shape index (κ3) is 3.56. The summed E-state index contributed by atoms with van der Waals surface area (Å²) in [5, 5.41) is 0. The number of nitrogens with zero attached hydrogens (tertiary/aromatic N) is 2. The van der Waals surface area contributed by atoms with Gasteiger partial charge in [-0.3, -0.25) is 4.79 Å². The number of carbonyl (C=O) groups is 2. The zero-order valence-electron chi connectivity index (χ0n) is 12.4. The van der Waals surface area contributed by atoms with E-state index in [1.54, 1.807) is 4.90 Å². The van der Waals surface area contributed by atoms with Crippen LogP contribution in [0.3, 0.4) is 0 Å². The lowest BCUT2D eigenvalue weighted by atomic mass is 9.94. The third-order valence-electron chi connectivity index (χ3n) is 3.41. The van der Waals surface area contributed by atoms with E-state index in [0.29, 0.717) is 5.89 Å². The predicted molar refractivity (Wildman–Crippen MR) is 75.9 cm³/mol. The first-order valence-corrected chi connectivity index (χ1v) is 7.32. The Morgan fingerprint density at radius 1 is 1.52 bits per heavy atom. The molecule has 0 aliphatic heterocycles. The molecule has 1 heterocycles. The minimum atomic E-state index is -0.637. The first-order valence-electron chi connectivity index (χ1n) is 6.79. The van der Waals surface area contributed by atoms with Crippen LogP contribution >= 0.6 is 11.6 Å². The second kappa shape index (κ2) is 6.05. The molecular formula is C14H19ClN2O4. The van der Waals surface area contributed by atoms with Gasteiger partial charge in [-0.1, -0.05) is 0 Å². The van der Waals surface area contributed by atoms with Crippen molar-refractivity contribution in [3.05, 3.63) is 17.8 Å². The van der Waals surface area contributed by atoms with Crippen LogP contribution in [0.5, 0.6) is 0 Å². The maximum absolute atomic E-state index is 12.6. The summed E-state index contributed by atoms with van der Waals surface area (Å²) in [5.41, 5.74) is -0.533. The van der Waals surface area contributed by atoms with Crippen molar-refractivity contribution in [2.75, 3.05) is 13.0 Å². The number of alkyl halides is 1. The Labute approximate surface area is 128 Å². The molecule has 0 unspecified atom stereocenters. The molecule has 0 N–H and O–H groups in total. The Morgan fingerprint density at radius 3 is 2.71 bits per heavy atom. The summed E-state index contributed by atoms with van der Waals surface area (Å²) in [6.07, 6.45) is 3.17. The summed E-state index contributed by atoms with van der Waals surface area (Å²) in [5.74, 6) is -0.0251. The highest BCUT2D eigenvalue weighted by Crippen LogP contribution is 2.33. The Bertz CT molecular complexity index is 537. The highest BCUT2D eigenvalue weighted by atomic mass is 35.5. The molecule has 1 amide bonds. The van der Waals surface area contributed by atoms with Gasteiger partial charge in [-0.2, -0.15) is 0 Å². The molecule has 21 heavy (non-hydrogen) atoms. The molecule has 0 spiro atoms. The Morgan fingerprint density at radius 2 is 2.19 bits per heavy atom. The highest BCUT2D eigenvalue weighted by Gasteiger charge is 2.40. The van der Waals surface area contributed by atoms with Crippen LogP contribution in [-0.2, 0) is 16.1 Å². The second-order valence-electron chi connectivity index (χ2n) is 5.80. The molecule has 0 atom stereocenters. The molecule has 1 aliphatic carbocycles. The van der Waals surface area contributed by atoms with Gasteiger partial charge in [0.25, 0.3) is 0 Å². The number of aromatic nitrogens is 1. The van der Waals surface area contributed by atoms with Gasteiger partial charge >= 0.3 is 5.97 Å². The number of carbonyl (C=O) groups excluding carboxylic acids is 2. The van der Waals surface area contributed by atoms with Gasteiger partial charge in [0.15, 0.2) is 5.69 Å². The summed E-state index contributed by atoms with van der Waals surface area (Å²) in [4.78, 5) is 29.7. The molecule has 1 aromatic rings. The van der Waals surface area contributed by atoms with Crippen molar-refractivity contribution in [3.63, 3.8) is 0 Å². The van der Waals surface area contributed by atoms with Crippen LogP contribution in [0.2, 0.25) is 0 Å². The number of ether oxygens (including phenoxy) is 1. The normalized spacial score (nSPS) is 14.9. The van der Waals surface area contributed by atoms with E-state index >= 15 is 0 Å². The number of rotatable bonds is 6. The van der Waals surface area contributed by atoms with Crippen molar-refractivity contribution in [1.29, 1.82) is 0 Å². The van der Waals surface area contributed by atoms with E-state index in [9.17, 15) is 9.59 Å². The molecule has 0 aromatic carbocycles. The van der Waals surface area contributed by atoms with Gasteiger partial charge < -0.3 is 14.1 Å². The SMILES string of the molecule is COC(=O)c1coc(CN(C(=O)C(C)(C)CCl)C2CC2)n1. The molecule has 2 rings (SSSR count). The molecule has 1 aliphatic rings. The standard InChI is InChI=1S/C14H19ClN2O4/c1-14(2,8-15)13(19)17(9-4-5-9)6-11-16-10(7-21-11)12(18)20-3/h7,9H,4-6,8H2,1-3H3. The van der Waals surface area contributed by atoms with Crippen molar-refractivity contribution in [2.24, 2.45) is 5.41 Å². The first-order chi connectivity index (χ1) is 9.89. The van der Waals surface area contributed by atoms with Crippen LogP contribution in [0.25, 0.3) is 0 Å². The Balaban J connectivity index is 2.12. The number of esters is 1. The van der Waals surface area contributed by atoms with Crippen LogP contribution in [0.1, 0.15) is 43.1 Å². The number of halogens is 1. The molecule has 116 valence electrons. The van der Waals surface area contributed by atoms with Gasteiger partial charge in [0.1, 0.15) is 6.26 Å². The van der Waals surface area contributed by atoms with Crippen molar-refractivity contribution < 1.29 is 18.7 Å². The van der Waals surface area contributed by atoms with E-state index in [2.05, 4.69) is 9.72 Å². The number of methoxy groups -OCH3 is 1. The zero-order chi connectivity index (χ0) is 15.6. The summed E-state index contributed by atoms with van der Waals surface area (Å²) >= 11 is 5.88. The van der Waals surface area contributed by atoms with E-state index in [4.69, 9.17) is 16.0 Å². The number of amides is 1. The largest absolute Gasteiger partial charge is 0.464 e. The topological polar surface area (TPSA) is 72.6 Å². The van der Waals surface area contributed by atoms with Crippen molar-refractivity contribution in [2.45, 2.75) is 39.3 Å². The van der Waals surface area contributed by atoms with Gasteiger partial charge in [-0.25, -0.2) is 9.78 Å². The first kappa shape index (κ1) is 15.8. The summed E-state index contributed by atoms with van der Waals surface area (Å²) < 4.78 is 9.83. The lowest BCUT2D eigenvalue weighted by molar-refractivity contribution is -0.140. The maximum atomic E-state index is 12.6. The zero-order valence-corrected chi connectivity index (χ0v) is 13.1. The number of hydrogen-bond acceptors (Lipinski definition) is 5. The lowest BCUT2D eigenvalue weighted by Crippen LogP contribution is -2.42. The molecule has 1 aromatic heterocycles. The molecule has 0 bridgehead atoms. The molecule has 0 radical (unpaired) electrons. The second-order valence-corrected chi connectivity index (χ2v) is 6.07. The van der Waals surface area contributed by atoms with Gasteiger partial charge in [0, 0.05) is 11.9 Å². The Hall–Kier alpha value is -1.56. The van der Waals surface area contributed by atoms with E-state index in [1.165, 1.54) is 13.4 Å². The maximum Gasteiger partial charge on any atom is 0.360 e. The highest BCUT2D eigenvalue weighted by molar-refractivity contribution is 6.19. The van der Waals surface area contributed by atoms with Gasteiger partial charge in [-0.05, 0) is 26.7 Å².